The van der Waals surface area contributed by atoms with E-state index in [1.54, 1.807) is 16.7 Å². The van der Waals surface area contributed by atoms with Crippen LogP contribution in [0.5, 0.6) is 0 Å². The predicted octanol–water partition coefficient (Wildman–Crippen LogP) is 3.09. The number of carbonyl (C=O) groups excluding carboxylic acids is 1. The van der Waals surface area contributed by atoms with Gasteiger partial charge in [-0.2, -0.15) is 11.8 Å². The van der Waals surface area contributed by atoms with Gasteiger partial charge in [-0.3, -0.25) is 9.59 Å². The summed E-state index contributed by atoms with van der Waals surface area (Å²) >= 11 is 1.64. The molecule has 2 unspecified atom stereocenters. The van der Waals surface area contributed by atoms with Gasteiger partial charge in [0.25, 0.3) is 0 Å². The summed E-state index contributed by atoms with van der Waals surface area (Å²) < 4.78 is 0. The van der Waals surface area contributed by atoms with Crippen LogP contribution in [0.25, 0.3) is 0 Å². The molecule has 1 aromatic carbocycles. The average molecular weight is 335 g/mol. The molecule has 1 fully saturated rings. The van der Waals surface area contributed by atoms with Crippen LogP contribution in [0.3, 0.4) is 0 Å². The van der Waals surface area contributed by atoms with Crippen LogP contribution < -0.4 is 0 Å². The lowest BCUT2D eigenvalue weighted by molar-refractivity contribution is -0.141. The van der Waals surface area contributed by atoms with Crippen molar-refractivity contribution in [2.24, 2.45) is 11.8 Å². The summed E-state index contributed by atoms with van der Waals surface area (Å²) in [6.45, 7) is 5.17. The Labute approximate surface area is 142 Å². The maximum absolute atomic E-state index is 12.3. The smallest absolute Gasteiger partial charge is 0.308 e. The van der Waals surface area contributed by atoms with Gasteiger partial charge in [-0.1, -0.05) is 44.2 Å². The van der Waals surface area contributed by atoms with Gasteiger partial charge < -0.3 is 10.0 Å². The summed E-state index contributed by atoms with van der Waals surface area (Å²) in [5.41, 5.74) is 1.00. The van der Waals surface area contributed by atoms with Gasteiger partial charge in [0.15, 0.2) is 0 Å². The van der Waals surface area contributed by atoms with E-state index >= 15 is 0 Å². The molecule has 23 heavy (non-hydrogen) atoms. The third-order valence-corrected chi connectivity index (χ3v) is 5.26. The van der Waals surface area contributed by atoms with E-state index in [1.807, 2.05) is 30.3 Å². The number of carboxylic acid groups (broad SMARTS) is 1. The van der Waals surface area contributed by atoms with Crippen molar-refractivity contribution < 1.29 is 14.7 Å². The minimum Gasteiger partial charge on any atom is -0.481 e. The standard InChI is InChI=1S/C18H25NO3S/c1-13(2)8-9-23-12-17(20)19-10-15(16(11-19)18(21)22)14-6-4-3-5-7-14/h3-7,13,15-16H,8-12H2,1-2H3,(H,21,22). The fourth-order valence-electron chi connectivity index (χ4n) is 2.87. The van der Waals surface area contributed by atoms with E-state index in [4.69, 9.17) is 0 Å². The highest BCUT2D eigenvalue weighted by Crippen LogP contribution is 2.33. The molecular weight excluding hydrogens is 310 g/mol. The van der Waals surface area contributed by atoms with Gasteiger partial charge in [0.2, 0.25) is 5.91 Å². The van der Waals surface area contributed by atoms with E-state index < -0.39 is 11.9 Å². The molecule has 0 spiro atoms. The van der Waals surface area contributed by atoms with E-state index in [2.05, 4.69) is 13.8 Å². The summed E-state index contributed by atoms with van der Waals surface area (Å²) in [5, 5.41) is 9.48. The number of thioether (sulfide) groups is 1. The van der Waals surface area contributed by atoms with Crippen LogP contribution >= 0.6 is 11.8 Å². The topological polar surface area (TPSA) is 57.6 Å². The number of rotatable bonds is 7. The molecule has 1 aliphatic rings. The highest BCUT2D eigenvalue weighted by molar-refractivity contribution is 7.99. The lowest BCUT2D eigenvalue weighted by Crippen LogP contribution is -2.31. The molecule has 4 nitrogen and oxygen atoms in total. The molecule has 0 radical (unpaired) electrons. The zero-order valence-electron chi connectivity index (χ0n) is 13.8. The van der Waals surface area contributed by atoms with Crippen LogP contribution in [-0.2, 0) is 9.59 Å². The largest absolute Gasteiger partial charge is 0.481 e. The minimum atomic E-state index is -0.818. The zero-order chi connectivity index (χ0) is 16.8. The Kier molecular flexibility index (Phi) is 6.51. The van der Waals surface area contributed by atoms with Crippen LogP contribution in [0.4, 0.5) is 0 Å². The molecule has 1 aliphatic heterocycles. The van der Waals surface area contributed by atoms with Crippen molar-refractivity contribution in [3.8, 4) is 0 Å². The first-order valence-corrected chi connectivity index (χ1v) is 9.27. The summed E-state index contributed by atoms with van der Waals surface area (Å²) in [5.74, 6) is 0.677. The second-order valence-electron chi connectivity index (χ2n) is 6.50. The highest BCUT2D eigenvalue weighted by atomic mass is 32.2. The van der Waals surface area contributed by atoms with Gasteiger partial charge in [-0.05, 0) is 23.7 Å². The lowest BCUT2D eigenvalue weighted by Gasteiger charge is -2.16. The van der Waals surface area contributed by atoms with Gasteiger partial charge in [0.05, 0.1) is 11.7 Å². The minimum absolute atomic E-state index is 0.0587. The van der Waals surface area contributed by atoms with Crippen molar-refractivity contribution >= 4 is 23.6 Å². The van der Waals surface area contributed by atoms with Gasteiger partial charge >= 0.3 is 5.97 Å². The Morgan fingerprint density at radius 1 is 1.26 bits per heavy atom. The molecule has 2 rings (SSSR count). The highest BCUT2D eigenvalue weighted by Gasteiger charge is 2.40. The van der Waals surface area contributed by atoms with E-state index in [9.17, 15) is 14.7 Å². The molecule has 0 saturated carbocycles. The lowest BCUT2D eigenvalue weighted by atomic mass is 9.89. The third-order valence-electron chi connectivity index (χ3n) is 4.28. The third kappa shape index (κ3) is 4.99. The average Bonchev–Trinajstić information content (AvgIpc) is 2.97. The van der Waals surface area contributed by atoms with Gasteiger partial charge in [-0.15, -0.1) is 0 Å². The number of likely N-dealkylation sites (tertiary alicyclic amines) is 1. The molecule has 5 heteroatoms. The quantitative estimate of drug-likeness (QED) is 0.778. The Bertz CT molecular complexity index is 532. The summed E-state index contributed by atoms with van der Waals surface area (Å²) in [6.07, 6.45) is 1.10. The van der Waals surface area contributed by atoms with Crippen molar-refractivity contribution in [3.05, 3.63) is 35.9 Å². The molecule has 0 bridgehead atoms. The predicted molar refractivity (Wildman–Crippen MR) is 93.7 cm³/mol. The first kappa shape index (κ1) is 17.9. The molecule has 1 saturated heterocycles. The van der Waals surface area contributed by atoms with Crippen LogP contribution in [0, 0.1) is 11.8 Å². The maximum atomic E-state index is 12.3. The van der Waals surface area contributed by atoms with E-state index in [-0.39, 0.29) is 11.8 Å². The van der Waals surface area contributed by atoms with Crippen molar-refractivity contribution in [2.75, 3.05) is 24.6 Å². The van der Waals surface area contributed by atoms with Gasteiger partial charge in [-0.25, -0.2) is 0 Å². The van der Waals surface area contributed by atoms with Crippen LogP contribution in [-0.4, -0.2) is 46.5 Å². The number of amides is 1. The van der Waals surface area contributed by atoms with Crippen molar-refractivity contribution in [3.63, 3.8) is 0 Å². The molecule has 126 valence electrons. The van der Waals surface area contributed by atoms with Crippen molar-refractivity contribution in [2.45, 2.75) is 26.2 Å². The first-order chi connectivity index (χ1) is 11.0. The number of hydrogen-bond acceptors (Lipinski definition) is 3. The zero-order valence-corrected chi connectivity index (χ0v) is 14.6. The van der Waals surface area contributed by atoms with Crippen molar-refractivity contribution in [1.82, 2.24) is 4.90 Å². The molecule has 0 aliphatic carbocycles. The second kappa shape index (κ2) is 8.39. The monoisotopic (exact) mass is 335 g/mol. The molecule has 1 aromatic rings. The molecule has 0 aromatic heterocycles. The Morgan fingerprint density at radius 3 is 2.57 bits per heavy atom. The molecular formula is C18H25NO3S. The Balaban J connectivity index is 1.94. The Hall–Kier alpha value is -1.49. The summed E-state index contributed by atoms with van der Waals surface area (Å²) in [4.78, 5) is 25.6. The molecule has 1 N–H and O–H groups in total. The number of nitrogens with zero attached hydrogens (tertiary/aromatic N) is 1. The number of aliphatic carboxylic acids is 1. The fraction of sp³-hybridized carbons (Fsp3) is 0.556. The SMILES string of the molecule is CC(C)CCSCC(=O)N1CC(C(=O)O)C(c2ccccc2)C1. The molecule has 1 heterocycles. The van der Waals surface area contributed by atoms with Crippen molar-refractivity contribution in [1.29, 1.82) is 0 Å². The van der Waals surface area contributed by atoms with Crippen LogP contribution in [0.1, 0.15) is 31.7 Å². The summed E-state index contributed by atoms with van der Waals surface area (Å²) in [7, 11) is 0. The first-order valence-electron chi connectivity index (χ1n) is 8.12. The number of hydrogen-bond donors (Lipinski definition) is 1. The molecule has 1 amide bonds. The summed E-state index contributed by atoms with van der Waals surface area (Å²) in [6, 6.07) is 9.65. The van der Waals surface area contributed by atoms with Crippen LogP contribution in [0.15, 0.2) is 30.3 Å². The maximum Gasteiger partial charge on any atom is 0.308 e. The van der Waals surface area contributed by atoms with E-state index in [0.717, 1.165) is 17.7 Å². The normalized spacial score (nSPS) is 20.9. The molecule has 2 atom stereocenters. The van der Waals surface area contributed by atoms with Gasteiger partial charge in [0, 0.05) is 19.0 Å². The Morgan fingerprint density at radius 2 is 1.96 bits per heavy atom. The number of carbonyl (C=O) groups is 2. The van der Waals surface area contributed by atoms with E-state index in [0.29, 0.717) is 24.8 Å². The van der Waals surface area contributed by atoms with Gasteiger partial charge in [0.1, 0.15) is 0 Å². The second-order valence-corrected chi connectivity index (χ2v) is 7.60. The number of carboxylic acids is 1. The van der Waals surface area contributed by atoms with Crippen LogP contribution in [0.2, 0.25) is 0 Å². The fourth-order valence-corrected chi connectivity index (χ4v) is 4.01. The van der Waals surface area contributed by atoms with E-state index in [1.165, 1.54) is 0 Å². The number of benzene rings is 1.